The molecule has 0 bridgehead atoms. The lowest BCUT2D eigenvalue weighted by molar-refractivity contribution is 0.146. The molecule has 0 unspecified atom stereocenters. The van der Waals surface area contributed by atoms with Gasteiger partial charge in [-0.2, -0.15) is 0 Å². The largest absolute Gasteiger partial charge is 0.314 e. The van der Waals surface area contributed by atoms with Crippen molar-refractivity contribution in [2.75, 3.05) is 0 Å². The molecule has 0 spiro atoms. The summed E-state index contributed by atoms with van der Waals surface area (Å²) in [4.78, 5) is 0. The van der Waals surface area contributed by atoms with Crippen LogP contribution in [0.1, 0.15) is 23.6 Å². The highest BCUT2D eigenvalue weighted by molar-refractivity contribution is 5.85. The van der Waals surface area contributed by atoms with Crippen molar-refractivity contribution in [3.8, 4) is 12.3 Å². The van der Waals surface area contributed by atoms with E-state index in [1.165, 1.54) is 12.1 Å². The number of benzene rings is 1. The normalized spacial score (nSPS) is 11.7. The summed E-state index contributed by atoms with van der Waals surface area (Å²) in [6, 6.07) is 2.61. The first kappa shape index (κ1) is 13.8. The SMILES string of the molecule is C#C[C@@H](N)c1cccc(C(F)F)c1F.Cl. The molecular weight excluding hydrogens is 227 g/mol. The van der Waals surface area contributed by atoms with Crippen LogP contribution in [0.25, 0.3) is 0 Å². The van der Waals surface area contributed by atoms with Gasteiger partial charge in [-0.3, -0.25) is 0 Å². The molecule has 0 fully saturated rings. The van der Waals surface area contributed by atoms with Gasteiger partial charge in [-0.15, -0.1) is 18.8 Å². The molecule has 1 aromatic rings. The fraction of sp³-hybridized carbons (Fsp3) is 0.200. The summed E-state index contributed by atoms with van der Waals surface area (Å²) in [5, 5.41) is 0. The first-order valence-electron chi connectivity index (χ1n) is 3.86. The Hall–Kier alpha value is -1.18. The van der Waals surface area contributed by atoms with E-state index in [1.807, 2.05) is 0 Å². The molecule has 0 amide bonds. The molecule has 0 heterocycles. The maximum atomic E-state index is 13.3. The third-order valence-corrected chi connectivity index (χ3v) is 1.81. The summed E-state index contributed by atoms with van der Waals surface area (Å²) in [6.45, 7) is 0. The average Bonchev–Trinajstić information content (AvgIpc) is 2.16. The molecule has 0 saturated carbocycles. The standard InChI is InChI=1S/C10H8F3N.ClH/c1-2-8(14)6-4-3-5-7(9(6)11)10(12)13;/h1,3-5,8,10H,14H2;1H/t8-;/m1./s1. The number of alkyl halides is 2. The zero-order valence-corrected chi connectivity index (χ0v) is 8.40. The monoisotopic (exact) mass is 235 g/mol. The molecule has 15 heavy (non-hydrogen) atoms. The van der Waals surface area contributed by atoms with Crippen LogP contribution in [0.3, 0.4) is 0 Å². The van der Waals surface area contributed by atoms with Gasteiger partial charge in [0.1, 0.15) is 5.82 Å². The first-order valence-corrected chi connectivity index (χ1v) is 3.86. The van der Waals surface area contributed by atoms with Crippen molar-refractivity contribution in [2.24, 2.45) is 5.73 Å². The molecule has 2 N–H and O–H groups in total. The molecule has 1 nitrogen and oxygen atoms in total. The van der Waals surface area contributed by atoms with Crippen molar-refractivity contribution < 1.29 is 13.2 Å². The van der Waals surface area contributed by atoms with Crippen molar-refractivity contribution in [1.82, 2.24) is 0 Å². The molecular formula is C10H9ClF3N. The van der Waals surface area contributed by atoms with Gasteiger partial charge in [-0.25, -0.2) is 13.2 Å². The van der Waals surface area contributed by atoms with E-state index in [1.54, 1.807) is 0 Å². The Labute approximate surface area is 91.9 Å². The van der Waals surface area contributed by atoms with Gasteiger partial charge in [0.2, 0.25) is 0 Å². The zero-order valence-electron chi connectivity index (χ0n) is 7.58. The van der Waals surface area contributed by atoms with Crippen LogP contribution in [-0.4, -0.2) is 0 Å². The highest BCUT2D eigenvalue weighted by Crippen LogP contribution is 2.26. The zero-order chi connectivity index (χ0) is 10.7. The van der Waals surface area contributed by atoms with E-state index in [0.717, 1.165) is 6.07 Å². The van der Waals surface area contributed by atoms with Crippen molar-refractivity contribution in [1.29, 1.82) is 0 Å². The minimum absolute atomic E-state index is 0. The van der Waals surface area contributed by atoms with E-state index in [0.29, 0.717) is 0 Å². The highest BCUT2D eigenvalue weighted by Gasteiger charge is 2.18. The third kappa shape index (κ3) is 2.88. The van der Waals surface area contributed by atoms with Crippen molar-refractivity contribution in [3.05, 3.63) is 35.1 Å². The van der Waals surface area contributed by atoms with Gasteiger partial charge in [0, 0.05) is 5.56 Å². The van der Waals surface area contributed by atoms with Crippen LogP contribution in [0.5, 0.6) is 0 Å². The van der Waals surface area contributed by atoms with E-state index >= 15 is 0 Å². The van der Waals surface area contributed by atoms with Gasteiger partial charge >= 0.3 is 0 Å². The molecule has 0 aromatic heterocycles. The van der Waals surface area contributed by atoms with Crippen LogP contribution in [0.15, 0.2) is 18.2 Å². The summed E-state index contributed by atoms with van der Waals surface area (Å²) >= 11 is 0. The van der Waals surface area contributed by atoms with E-state index in [2.05, 4.69) is 5.92 Å². The molecule has 0 aliphatic rings. The van der Waals surface area contributed by atoms with E-state index in [4.69, 9.17) is 12.2 Å². The van der Waals surface area contributed by atoms with Gasteiger partial charge in [-0.05, 0) is 0 Å². The quantitative estimate of drug-likeness (QED) is 0.784. The van der Waals surface area contributed by atoms with Gasteiger partial charge in [0.15, 0.2) is 0 Å². The number of hydrogen-bond donors (Lipinski definition) is 1. The molecule has 0 aliphatic heterocycles. The predicted octanol–water partition coefficient (Wildman–Crippen LogP) is 2.82. The van der Waals surface area contributed by atoms with Crippen LogP contribution in [-0.2, 0) is 0 Å². The van der Waals surface area contributed by atoms with Crippen LogP contribution in [0.4, 0.5) is 13.2 Å². The highest BCUT2D eigenvalue weighted by atomic mass is 35.5. The van der Waals surface area contributed by atoms with Gasteiger partial charge in [-0.1, -0.05) is 24.1 Å². The number of rotatable bonds is 2. The Kier molecular flexibility index (Phi) is 5.20. The molecule has 5 heteroatoms. The molecule has 1 atom stereocenters. The number of hydrogen-bond acceptors (Lipinski definition) is 1. The molecule has 0 saturated heterocycles. The Morgan fingerprint density at radius 3 is 2.27 bits per heavy atom. The van der Waals surface area contributed by atoms with Crippen molar-refractivity contribution >= 4 is 12.4 Å². The molecule has 0 aliphatic carbocycles. The predicted molar refractivity (Wildman–Crippen MR) is 54.4 cm³/mol. The summed E-state index contributed by atoms with van der Waals surface area (Å²) in [5.41, 5.74) is 4.59. The topological polar surface area (TPSA) is 26.0 Å². The first-order chi connectivity index (χ1) is 6.57. The Bertz CT molecular complexity index is 373. The van der Waals surface area contributed by atoms with Crippen molar-refractivity contribution in [3.63, 3.8) is 0 Å². The number of terminal acetylenes is 1. The smallest absolute Gasteiger partial charge is 0.266 e. The fourth-order valence-electron chi connectivity index (χ4n) is 1.07. The summed E-state index contributed by atoms with van der Waals surface area (Å²) in [5.74, 6) is 1.06. The van der Waals surface area contributed by atoms with Gasteiger partial charge in [0.05, 0.1) is 11.6 Å². The van der Waals surface area contributed by atoms with Crippen LogP contribution in [0, 0.1) is 18.2 Å². The molecule has 1 aromatic carbocycles. The molecule has 0 radical (unpaired) electrons. The molecule has 1 rings (SSSR count). The fourth-order valence-corrected chi connectivity index (χ4v) is 1.07. The summed E-state index contributed by atoms with van der Waals surface area (Å²) < 4.78 is 37.8. The Balaban J connectivity index is 0.00000196. The lowest BCUT2D eigenvalue weighted by Crippen LogP contribution is -2.10. The Morgan fingerprint density at radius 2 is 1.80 bits per heavy atom. The van der Waals surface area contributed by atoms with Crippen molar-refractivity contribution in [2.45, 2.75) is 12.5 Å². The molecule has 82 valence electrons. The Morgan fingerprint density at radius 1 is 1.27 bits per heavy atom. The van der Waals surface area contributed by atoms with Gasteiger partial charge in [0.25, 0.3) is 6.43 Å². The minimum Gasteiger partial charge on any atom is -0.314 e. The van der Waals surface area contributed by atoms with Crippen LogP contribution in [0.2, 0.25) is 0 Å². The lowest BCUT2D eigenvalue weighted by atomic mass is 10.0. The average molecular weight is 236 g/mol. The van der Waals surface area contributed by atoms with E-state index in [9.17, 15) is 13.2 Å². The maximum absolute atomic E-state index is 13.3. The lowest BCUT2D eigenvalue weighted by Gasteiger charge is -2.09. The second kappa shape index (κ2) is 5.64. The third-order valence-electron chi connectivity index (χ3n) is 1.81. The van der Waals surface area contributed by atoms with Crippen LogP contribution < -0.4 is 5.73 Å². The second-order valence-electron chi connectivity index (χ2n) is 2.70. The summed E-state index contributed by atoms with van der Waals surface area (Å²) in [7, 11) is 0. The van der Waals surface area contributed by atoms with Crippen LogP contribution >= 0.6 is 12.4 Å². The summed E-state index contributed by atoms with van der Waals surface area (Å²) in [6.07, 6.45) is 2.11. The number of nitrogens with two attached hydrogens (primary N) is 1. The maximum Gasteiger partial charge on any atom is 0.266 e. The number of halogens is 4. The second-order valence-corrected chi connectivity index (χ2v) is 2.70. The van der Waals surface area contributed by atoms with Gasteiger partial charge < -0.3 is 5.73 Å². The van der Waals surface area contributed by atoms with E-state index in [-0.39, 0.29) is 18.0 Å². The minimum atomic E-state index is -2.86. The van der Waals surface area contributed by atoms with E-state index < -0.39 is 23.8 Å².